The van der Waals surface area contributed by atoms with Crippen LogP contribution in [0.3, 0.4) is 0 Å². The second kappa shape index (κ2) is 5.05. The zero-order chi connectivity index (χ0) is 13.3. The number of piperazine rings is 1. The monoisotopic (exact) mass is 256 g/mol. The maximum Gasteiger partial charge on any atom is 0.407 e. The third kappa shape index (κ3) is 3.14. The first kappa shape index (κ1) is 13.6. The summed E-state index contributed by atoms with van der Waals surface area (Å²) < 4.78 is 5.27. The van der Waals surface area contributed by atoms with Crippen LogP contribution in [0, 0.1) is 5.41 Å². The fourth-order valence-corrected chi connectivity index (χ4v) is 2.83. The Kier molecular flexibility index (Phi) is 3.82. The Bertz CT molecular complexity index is 310. The minimum Gasteiger partial charge on any atom is -0.465 e. The number of carboxylic acid groups (broad SMARTS) is 1. The smallest absolute Gasteiger partial charge is 0.407 e. The Morgan fingerprint density at radius 1 is 1.33 bits per heavy atom. The van der Waals surface area contributed by atoms with Gasteiger partial charge in [-0.1, -0.05) is 20.8 Å². The fraction of sp³-hybridized carbons (Fsp3) is 0.923. The van der Waals surface area contributed by atoms with Crippen LogP contribution in [-0.2, 0) is 4.74 Å². The molecule has 104 valence electrons. The number of nitrogens with zero attached hydrogens (tertiary/aromatic N) is 2. The summed E-state index contributed by atoms with van der Waals surface area (Å²) in [5, 5.41) is 9.13. The van der Waals surface area contributed by atoms with E-state index >= 15 is 0 Å². The summed E-state index contributed by atoms with van der Waals surface area (Å²) in [5.74, 6) is 0. The number of hydrogen-bond acceptors (Lipinski definition) is 3. The molecule has 2 aliphatic heterocycles. The predicted molar refractivity (Wildman–Crippen MR) is 68.8 cm³/mol. The van der Waals surface area contributed by atoms with E-state index in [0.29, 0.717) is 25.2 Å². The molecule has 0 aliphatic carbocycles. The highest BCUT2D eigenvalue weighted by Crippen LogP contribution is 2.28. The van der Waals surface area contributed by atoms with Crippen molar-refractivity contribution in [3.63, 3.8) is 0 Å². The molecule has 0 aromatic carbocycles. The second-order valence-electron chi connectivity index (χ2n) is 6.58. The molecule has 2 aliphatic rings. The van der Waals surface area contributed by atoms with Crippen molar-refractivity contribution in [3.8, 4) is 0 Å². The molecule has 0 bridgehead atoms. The zero-order valence-electron chi connectivity index (χ0n) is 11.6. The molecule has 5 nitrogen and oxygen atoms in total. The minimum absolute atomic E-state index is 0.217. The van der Waals surface area contributed by atoms with Gasteiger partial charge in [-0.15, -0.1) is 0 Å². The summed E-state index contributed by atoms with van der Waals surface area (Å²) in [4.78, 5) is 15.1. The van der Waals surface area contributed by atoms with Crippen molar-refractivity contribution in [2.24, 2.45) is 5.41 Å². The Morgan fingerprint density at radius 2 is 2.00 bits per heavy atom. The predicted octanol–water partition coefficient (Wildman–Crippen LogP) is 1.49. The summed E-state index contributed by atoms with van der Waals surface area (Å²) in [6, 6.07) is 0.817. The summed E-state index contributed by atoms with van der Waals surface area (Å²) in [6.07, 6.45) is 0.228. The van der Waals surface area contributed by atoms with Gasteiger partial charge in [-0.3, -0.25) is 4.90 Å². The lowest BCUT2D eigenvalue weighted by Gasteiger charge is -2.48. The molecule has 18 heavy (non-hydrogen) atoms. The molecule has 2 fully saturated rings. The van der Waals surface area contributed by atoms with E-state index in [9.17, 15) is 4.79 Å². The molecular formula is C13H24N2O3. The number of carbonyl (C=O) groups is 1. The van der Waals surface area contributed by atoms with Crippen LogP contribution in [-0.4, -0.2) is 65.9 Å². The summed E-state index contributed by atoms with van der Waals surface area (Å²) in [5.41, 5.74) is 0.217. The Balaban J connectivity index is 2.02. The highest BCUT2D eigenvalue weighted by Gasteiger charge is 2.38. The van der Waals surface area contributed by atoms with Gasteiger partial charge in [0.1, 0.15) is 0 Å². The largest absolute Gasteiger partial charge is 0.465 e. The van der Waals surface area contributed by atoms with Gasteiger partial charge in [0.2, 0.25) is 0 Å². The molecule has 2 rings (SSSR count). The number of amides is 1. The topological polar surface area (TPSA) is 53.0 Å². The van der Waals surface area contributed by atoms with Gasteiger partial charge in [-0.2, -0.15) is 0 Å². The van der Waals surface area contributed by atoms with Crippen molar-refractivity contribution in [1.29, 1.82) is 0 Å². The van der Waals surface area contributed by atoms with E-state index < -0.39 is 6.09 Å². The normalized spacial score (nSPS) is 27.1. The number of rotatable bonds is 2. The van der Waals surface area contributed by atoms with Gasteiger partial charge in [0.25, 0.3) is 0 Å². The second-order valence-corrected chi connectivity index (χ2v) is 6.58. The van der Waals surface area contributed by atoms with E-state index in [2.05, 4.69) is 25.7 Å². The average molecular weight is 256 g/mol. The Labute approximate surface area is 109 Å². The van der Waals surface area contributed by atoms with Crippen molar-refractivity contribution >= 4 is 6.09 Å². The van der Waals surface area contributed by atoms with E-state index in [0.717, 1.165) is 26.2 Å². The van der Waals surface area contributed by atoms with Crippen molar-refractivity contribution in [3.05, 3.63) is 0 Å². The molecule has 1 unspecified atom stereocenters. The van der Waals surface area contributed by atoms with Crippen LogP contribution in [0.4, 0.5) is 4.79 Å². The van der Waals surface area contributed by atoms with Crippen LogP contribution in [0.1, 0.15) is 27.2 Å². The van der Waals surface area contributed by atoms with Crippen LogP contribution >= 0.6 is 0 Å². The average Bonchev–Trinajstić information content (AvgIpc) is 2.15. The summed E-state index contributed by atoms with van der Waals surface area (Å²) in [6.45, 7) is 10.3. The van der Waals surface area contributed by atoms with Gasteiger partial charge in [0, 0.05) is 25.7 Å². The highest BCUT2D eigenvalue weighted by molar-refractivity contribution is 5.65. The highest BCUT2D eigenvalue weighted by atomic mass is 16.5. The SMILES string of the molecule is CC(C)(C)CC1CN(C(=O)O)CCN1C1COC1. The summed E-state index contributed by atoms with van der Waals surface area (Å²) >= 11 is 0. The van der Waals surface area contributed by atoms with E-state index in [1.165, 1.54) is 0 Å². The van der Waals surface area contributed by atoms with Crippen molar-refractivity contribution in [2.75, 3.05) is 32.8 Å². The molecule has 0 aromatic heterocycles. The van der Waals surface area contributed by atoms with Crippen molar-refractivity contribution in [1.82, 2.24) is 9.80 Å². The molecular weight excluding hydrogens is 232 g/mol. The van der Waals surface area contributed by atoms with E-state index in [4.69, 9.17) is 9.84 Å². The molecule has 1 amide bonds. The standard InChI is InChI=1S/C13H24N2O3/c1-13(2,3)6-10-7-14(12(16)17)4-5-15(10)11-8-18-9-11/h10-11H,4-9H2,1-3H3,(H,16,17). The van der Waals surface area contributed by atoms with E-state index in [1.807, 2.05) is 0 Å². The van der Waals surface area contributed by atoms with Crippen LogP contribution in [0.5, 0.6) is 0 Å². The van der Waals surface area contributed by atoms with Gasteiger partial charge in [0.15, 0.2) is 0 Å². The molecule has 2 saturated heterocycles. The molecule has 1 N–H and O–H groups in total. The Morgan fingerprint density at radius 3 is 2.44 bits per heavy atom. The lowest BCUT2D eigenvalue weighted by atomic mass is 9.86. The van der Waals surface area contributed by atoms with Crippen LogP contribution in [0.15, 0.2) is 0 Å². The van der Waals surface area contributed by atoms with Gasteiger partial charge in [-0.05, 0) is 11.8 Å². The van der Waals surface area contributed by atoms with Gasteiger partial charge >= 0.3 is 6.09 Å². The first-order valence-corrected chi connectivity index (χ1v) is 6.68. The van der Waals surface area contributed by atoms with Crippen molar-refractivity contribution < 1.29 is 14.6 Å². The molecule has 1 atom stereocenters. The van der Waals surface area contributed by atoms with Gasteiger partial charge in [0.05, 0.1) is 19.3 Å². The van der Waals surface area contributed by atoms with E-state index in [-0.39, 0.29) is 5.41 Å². The van der Waals surface area contributed by atoms with Gasteiger partial charge < -0.3 is 14.7 Å². The fourth-order valence-electron chi connectivity index (χ4n) is 2.83. The maximum atomic E-state index is 11.1. The first-order chi connectivity index (χ1) is 8.37. The van der Waals surface area contributed by atoms with E-state index in [1.54, 1.807) is 4.90 Å². The lowest BCUT2D eigenvalue weighted by Crippen LogP contribution is -2.62. The zero-order valence-corrected chi connectivity index (χ0v) is 11.6. The third-order valence-corrected chi connectivity index (χ3v) is 3.74. The molecule has 5 heteroatoms. The Hall–Kier alpha value is -0.810. The van der Waals surface area contributed by atoms with Gasteiger partial charge in [-0.25, -0.2) is 4.79 Å². The first-order valence-electron chi connectivity index (χ1n) is 6.68. The van der Waals surface area contributed by atoms with Crippen LogP contribution < -0.4 is 0 Å². The summed E-state index contributed by atoms with van der Waals surface area (Å²) in [7, 11) is 0. The van der Waals surface area contributed by atoms with Crippen LogP contribution in [0.2, 0.25) is 0 Å². The van der Waals surface area contributed by atoms with Crippen molar-refractivity contribution in [2.45, 2.75) is 39.3 Å². The maximum absolute atomic E-state index is 11.1. The lowest BCUT2D eigenvalue weighted by molar-refractivity contribution is -0.0989. The quantitative estimate of drug-likeness (QED) is 0.813. The van der Waals surface area contributed by atoms with Crippen LogP contribution in [0.25, 0.3) is 0 Å². The number of ether oxygens (including phenoxy) is 1. The molecule has 0 spiro atoms. The molecule has 2 heterocycles. The molecule has 0 aromatic rings. The minimum atomic E-state index is -0.793. The number of hydrogen-bond donors (Lipinski definition) is 1. The third-order valence-electron chi connectivity index (χ3n) is 3.74. The molecule has 0 radical (unpaired) electrons. The molecule has 0 saturated carbocycles.